The Morgan fingerprint density at radius 2 is 1.62 bits per heavy atom. The summed E-state index contributed by atoms with van der Waals surface area (Å²) in [7, 11) is 0. The van der Waals surface area contributed by atoms with Gasteiger partial charge in [-0.05, 0) is 31.2 Å². The molecule has 0 spiro atoms. The van der Waals surface area contributed by atoms with Crippen molar-refractivity contribution >= 4 is 23.1 Å². The molecule has 0 saturated carbocycles. The maximum atomic E-state index is 12.0. The van der Waals surface area contributed by atoms with Crippen molar-refractivity contribution in [3.05, 3.63) is 60.7 Å². The molecule has 1 aliphatic rings. The number of rotatable bonds is 3. The minimum Gasteiger partial charge on any atom is -0.297 e. The van der Waals surface area contributed by atoms with Crippen LogP contribution in [0.1, 0.15) is 6.92 Å². The second-order valence-electron chi connectivity index (χ2n) is 4.63. The van der Waals surface area contributed by atoms with Gasteiger partial charge in [0.25, 0.3) is 5.91 Å². The van der Waals surface area contributed by atoms with Crippen LogP contribution in [0.15, 0.2) is 75.9 Å². The van der Waals surface area contributed by atoms with E-state index in [1.54, 1.807) is 11.8 Å². The summed E-state index contributed by atoms with van der Waals surface area (Å²) in [6.45, 7) is 1.79. The Morgan fingerprint density at radius 1 is 1.00 bits per heavy atom. The van der Waals surface area contributed by atoms with Crippen LogP contribution in [-0.2, 0) is 4.79 Å². The highest BCUT2D eigenvalue weighted by Gasteiger charge is 2.34. The molecule has 1 aliphatic heterocycles. The highest BCUT2D eigenvalue weighted by molar-refractivity contribution is 6.13. The first-order chi connectivity index (χ1) is 10.3. The van der Waals surface area contributed by atoms with E-state index in [1.165, 1.54) is 0 Å². The standard InChI is InChI=1S/C16H14N4O/c1-12-17-16(21)15(19-18-13-8-4-2-5-9-13)20(12)14-10-6-3-7-11-14/h2-11,15H,1H3/t15-/m0/s1. The first-order valence-corrected chi connectivity index (χ1v) is 6.65. The van der Waals surface area contributed by atoms with Gasteiger partial charge in [0.2, 0.25) is 6.17 Å². The topological polar surface area (TPSA) is 57.4 Å². The van der Waals surface area contributed by atoms with E-state index in [9.17, 15) is 4.79 Å². The molecule has 0 radical (unpaired) electrons. The molecule has 21 heavy (non-hydrogen) atoms. The fourth-order valence-corrected chi connectivity index (χ4v) is 2.19. The summed E-state index contributed by atoms with van der Waals surface area (Å²) in [6.07, 6.45) is -0.729. The van der Waals surface area contributed by atoms with Crippen molar-refractivity contribution in [1.82, 2.24) is 0 Å². The van der Waals surface area contributed by atoms with E-state index in [0.29, 0.717) is 11.5 Å². The van der Waals surface area contributed by atoms with E-state index >= 15 is 0 Å². The number of carbonyl (C=O) groups is 1. The lowest BCUT2D eigenvalue weighted by molar-refractivity contribution is -0.118. The van der Waals surface area contributed by atoms with E-state index in [-0.39, 0.29) is 5.91 Å². The molecule has 0 fully saturated rings. The van der Waals surface area contributed by atoms with E-state index in [2.05, 4.69) is 15.2 Å². The zero-order chi connectivity index (χ0) is 14.7. The predicted molar refractivity (Wildman–Crippen MR) is 81.8 cm³/mol. The number of anilines is 1. The Morgan fingerprint density at radius 3 is 2.29 bits per heavy atom. The average molecular weight is 278 g/mol. The molecule has 1 amide bonds. The largest absolute Gasteiger partial charge is 0.297 e. The number of carbonyl (C=O) groups excluding carboxylic acids is 1. The lowest BCUT2D eigenvalue weighted by Crippen LogP contribution is -2.35. The van der Waals surface area contributed by atoms with Crippen LogP contribution < -0.4 is 4.90 Å². The van der Waals surface area contributed by atoms with Gasteiger partial charge in [-0.1, -0.05) is 36.4 Å². The SMILES string of the molecule is CC1=NC(=O)[C@@H](N=Nc2ccccc2)N1c1ccccc1. The summed E-state index contributed by atoms with van der Waals surface area (Å²) >= 11 is 0. The highest BCUT2D eigenvalue weighted by atomic mass is 16.2. The highest BCUT2D eigenvalue weighted by Crippen LogP contribution is 2.24. The lowest BCUT2D eigenvalue weighted by atomic mass is 10.2. The molecule has 3 rings (SSSR count). The van der Waals surface area contributed by atoms with Crippen LogP contribution in [-0.4, -0.2) is 17.9 Å². The third-order valence-corrected chi connectivity index (χ3v) is 3.16. The zero-order valence-corrected chi connectivity index (χ0v) is 11.5. The van der Waals surface area contributed by atoms with Gasteiger partial charge in [-0.3, -0.25) is 9.69 Å². The van der Waals surface area contributed by atoms with Crippen LogP contribution in [0.2, 0.25) is 0 Å². The number of hydrogen-bond acceptors (Lipinski definition) is 4. The Labute approximate surface area is 122 Å². The molecule has 1 atom stereocenters. The average Bonchev–Trinajstić information content (AvgIpc) is 2.81. The molecule has 5 heteroatoms. The summed E-state index contributed by atoms with van der Waals surface area (Å²) in [4.78, 5) is 17.8. The summed E-state index contributed by atoms with van der Waals surface area (Å²) < 4.78 is 0. The van der Waals surface area contributed by atoms with Gasteiger partial charge in [0, 0.05) is 5.69 Å². The molecule has 2 aromatic rings. The maximum absolute atomic E-state index is 12.0. The van der Waals surface area contributed by atoms with Crippen LogP contribution in [0.5, 0.6) is 0 Å². The molecule has 0 N–H and O–H groups in total. The van der Waals surface area contributed by atoms with Crippen LogP contribution in [0.4, 0.5) is 11.4 Å². The smallest absolute Gasteiger partial charge is 0.295 e. The van der Waals surface area contributed by atoms with Gasteiger partial charge in [0.05, 0.1) is 5.69 Å². The fourth-order valence-electron chi connectivity index (χ4n) is 2.19. The number of azo groups is 1. The molecule has 5 nitrogen and oxygen atoms in total. The number of nitrogens with zero attached hydrogens (tertiary/aromatic N) is 4. The summed E-state index contributed by atoms with van der Waals surface area (Å²) in [5.41, 5.74) is 1.59. The second kappa shape index (κ2) is 5.66. The molecular formula is C16H14N4O. The molecule has 0 saturated heterocycles. The first kappa shape index (κ1) is 13.2. The summed E-state index contributed by atoms with van der Waals surface area (Å²) in [5, 5.41) is 8.31. The van der Waals surface area contributed by atoms with Gasteiger partial charge in [-0.15, -0.1) is 0 Å². The molecule has 0 bridgehead atoms. The molecule has 0 unspecified atom stereocenters. The van der Waals surface area contributed by atoms with Gasteiger partial charge in [-0.25, -0.2) is 0 Å². The van der Waals surface area contributed by atoms with E-state index in [1.807, 2.05) is 60.7 Å². The van der Waals surface area contributed by atoms with Crippen LogP contribution in [0.3, 0.4) is 0 Å². The number of benzene rings is 2. The third-order valence-electron chi connectivity index (χ3n) is 3.16. The second-order valence-corrected chi connectivity index (χ2v) is 4.63. The quantitative estimate of drug-likeness (QED) is 0.806. The van der Waals surface area contributed by atoms with Crippen LogP contribution in [0.25, 0.3) is 0 Å². The van der Waals surface area contributed by atoms with E-state index < -0.39 is 6.17 Å². The van der Waals surface area contributed by atoms with Gasteiger partial charge in [-0.2, -0.15) is 15.2 Å². The van der Waals surface area contributed by atoms with E-state index in [4.69, 9.17) is 0 Å². The monoisotopic (exact) mass is 278 g/mol. The Bertz CT molecular complexity index is 695. The number of amides is 1. The number of amidine groups is 1. The predicted octanol–water partition coefficient (Wildman–Crippen LogP) is 3.56. The number of para-hydroxylation sites is 1. The Balaban J connectivity index is 1.90. The van der Waals surface area contributed by atoms with Gasteiger partial charge < -0.3 is 0 Å². The fraction of sp³-hybridized carbons (Fsp3) is 0.125. The van der Waals surface area contributed by atoms with Crippen molar-refractivity contribution in [1.29, 1.82) is 0 Å². The molecule has 104 valence electrons. The lowest BCUT2D eigenvalue weighted by Gasteiger charge is -2.21. The minimum atomic E-state index is -0.729. The molecular weight excluding hydrogens is 264 g/mol. The molecule has 0 aromatic heterocycles. The van der Waals surface area contributed by atoms with Crippen molar-refractivity contribution in [2.75, 3.05) is 4.90 Å². The van der Waals surface area contributed by atoms with Crippen molar-refractivity contribution < 1.29 is 4.79 Å². The first-order valence-electron chi connectivity index (χ1n) is 6.65. The Hall–Kier alpha value is -2.82. The molecule has 2 aromatic carbocycles. The maximum Gasteiger partial charge on any atom is 0.295 e. The number of aliphatic imine (C=N–C) groups is 1. The van der Waals surface area contributed by atoms with Crippen LogP contribution >= 0.6 is 0 Å². The molecule has 1 heterocycles. The van der Waals surface area contributed by atoms with Crippen molar-refractivity contribution in [3.63, 3.8) is 0 Å². The summed E-state index contributed by atoms with van der Waals surface area (Å²) in [5.74, 6) is 0.333. The van der Waals surface area contributed by atoms with Gasteiger partial charge >= 0.3 is 0 Å². The van der Waals surface area contributed by atoms with E-state index in [0.717, 1.165) is 5.69 Å². The van der Waals surface area contributed by atoms with Crippen molar-refractivity contribution in [2.45, 2.75) is 13.1 Å². The normalized spacial score (nSPS) is 18.3. The number of hydrogen-bond donors (Lipinski definition) is 0. The van der Waals surface area contributed by atoms with Crippen LogP contribution in [0, 0.1) is 0 Å². The zero-order valence-electron chi connectivity index (χ0n) is 11.5. The third kappa shape index (κ3) is 2.72. The van der Waals surface area contributed by atoms with Crippen molar-refractivity contribution in [3.8, 4) is 0 Å². The molecule has 0 aliphatic carbocycles. The van der Waals surface area contributed by atoms with Gasteiger partial charge in [0.1, 0.15) is 5.84 Å². The minimum absolute atomic E-state index is 0.295. The van der Waals surface area contributed by atoms with Gasteiger partial charge in [0.15, 0.2) is 0 Å². The van der Waals surface area contributed by atoms with Crippen molar-refractivity contribution in [2.24, 2.45) is 15.2 Å². The summed E-state index contributed by atoms with van der Waals surface area (Å²) in [6, 6.07) is 18.9. The Kier molecular flexibility index (Phi) is 3.55.